The van der Waals surface area contributed by atoms with Crippen LogP contribution in [0.5, 0.6) is 0 Å². The minimum atomic E-state index is -1.19. The summed E-state index contributed by atoms with van der Waals surface area (Å²) in [6.07, 6.45) is 5.32. The number of hydrogen-bond donors (Lipinski definition) is 2. The van der Waals surface area contributed by atoms with E-state index in [-0.39, 0.29) is 17.5 Å². The number of carbonyl (C=O) groups is 1. The van der Waals surface area contributed by atoms with Crippen molar-refractivity contribution in [1.82, 2.24) is 4.98 Å². The fourth-order valence-corrected chi connectivity index (χ4v) is 2.13. The second-order valence-electron chi connectivity index (χ2n) is 4.56. The lowest BCUT2D eigenvalue weighted by Crippen LogP contribution is -2.22. The third kappa shape index (κ3) is 3.89. The summed E-state index contributed by atoms with van der Waals surface area (Å²) in [7, 11) is 0. The predicted octanol–water partition coefficient (Wildman–Crippen LogP) is 2.29. The zero-order valence-corrected chi connectivity index (χ0v) is 10.6. The summed E-state index contributed by atoms with van der Waals surface area (Å²) in [5, 5.41) is 11.9. The van der Waals surface area contributed by atoms with Crippen LogP contribution in [-0.2, 0) is 4.74 Å². The van der Waals surface area contributed by atoms with Crippen molar-refractivity contribution in [2.24, 2.45) is 0 Å². The first kappa shape index (κ1) is 13.7. The summed E-state index contributed by atoms with van der Waals surface area (Å²) in [5.41, 5.74) is -0.149. The van der Waals surface area contributed by atoms with Crippen LogP contribution in [0.3, 0.4) is 0 Å². The molecule has 1 aliphatic rings. The molecule has 0 aromatic carbocycles. The number of ether oxygens (including phenoxy) is 1. The summed E-state index contributed by atoms with van der Waals surface area (Å²) in [6, 6.07) is 0.967. The van der Waals surface area contributed by atoms with Gasteiger partial charge in [-0.1, -0.05) is 0 Å². The van der Waals surface area contributed by atoms with E-state index >= 15 is 0 Å². The number of nitrogens with one attached hydrogen (secondary N) is 1. The topological polar surface area (TPSA) is 71.5 Å². The molecule has 1 fully saturated rings. The minimum absolute atomic E-state index is 0.149. The van der Waals surface area contributed by atoms with Gasteiger partial charge < -0.3 is 15.2 Å². The third-order valence-electron chi connectivity index (χ3n) is 3.12. The predicted molar refractivity (Wildman–Crippen MR) is 67.9 cm³/mol. The lowest BCUT2D eigenvalue weighted by Gasteiger charge is -2.22. The maximum atomic E-state index is 12.9. The standard InChI is InChI=1S/C13H17FN2O3/c14-9-7-11(13(17)18)12(16-8-9)15-5-4-10-3-1-2-6-19-10/h7-8,10H,1-6H2,(H,15,16)(H,17,18). The monoisotopic (exact) mass is 268 g/mol. The molecular formula is C13H17FN2O3. The summed E-state index contributed by atoms with van der Waals surface area (Å²) >= 11 is 0. The first-order valence-electron chi connectivity index (χ1n) is 6.41. The van der Waals surface area contributed by atoms with E-state index in [0.29, 0.717) is 6.54 Å². The number of rotatable bonds is 5. The molecule has 0 bridgehead atoms. The Morgan fingerprint density at radius 1 is 1.58 bits per heavy atom. The van der Waals surface area contributed by atoms with E-state index in [1.807, 2.05) is 0 Å². The molecule has 6 heteroatoms. The Bertz CT molecular complexity index is 448. The number of halogens is 1. The number of carboxylic acid groups (broad SMARTS) is 1. The van der Waals surface area contributed by atoms with E-state index in [9.17, 15) is 9.18 Å². The Hall–Kier alpha value is -1.69. The highest BCUT2D eigenvalue weighted by molar-refractivity contribution is 5.93. The molecule has 2 N–H and O–H groups in total. The average molecular weight is 268 g/mol. The van der Waals surface area contributed by atoms with Crippen molar-refractivity contribution in [2.45, 2.75) is 31.8 Å². The second kappa shape index (κ2) is 6.47. The van der Waals surface area contributed by atoms with Crippen molar-refractivity contribution < 1.29 is 19.0 Å². The van der Waals surface area contributed by atoms with Crippen molar-refractivity contribution in [2.75, 3.05) is 18.5 Å². The fourth-order valence-electron chi connectivity index (χ4n) is 2.13. The van der Waals surface area contributed by atoms with Gasteiger partial charge in [0.15, 0.2) is 0 Å². The van der Waals surface area contributed by atoms with Gasteiger partial charge in [0.1, 0.15) is 17.2 Å². The van der Waals surface area contributed by atoms with Gasteiger partial charge in [-0.05, 0) is 31.7 Å². The first-order chi connectivity index (χ1) is 9.16. The molecule has 1 aliphatic heterocycles. The maximum absolute atomic E-state index is 12.9. The van der Waals surface area contributed by atoms with Crippen molar-refractivity contribution in [1.29, 1.82) is 0 Å². The van der Waals surface area contributed by atoms with E-state index in [0.717, 1.165) is 38.1 Å². The highest BCUT2D eigenvalue weighted by atomic mass is 19.1. The summed E-state index contributed by atoms with van der Waals surface area (Å²) in [5.74, 6) is -1.65. The normalized spacial score (nSPS) is 19.1. The lowest BCUT2D eigenvalue weighted by atomic mass is 10.1. The quantitative estimate of drug-likeness (QED) is 0.857. The molecule has 5 nitrogen and oxygen atoms in total. The zero-order chi connectivity index (χ0) is 13.7. The van der Waals surface area contributed by atoms with Crippen LogP contribution in [0, 0.1) is 5.82 Å². The Labute approximate surface area is 110 Å². The van der Waals surface area contributed by atoms with E-state index in [2.05, 4.69) is 10.3 Å². The zero-order valence-electron chi connectivity index (χ0n) is 10.6. The highest BCUT2D eigenvalue weighted by Crippen LogP contribution is 2.17. The molecule has 1 atom stereocenters. The van der Waals surface area contributed by atoms with Crippen molar-refractivity contribution in [3.8, 4) is 0 Å². The second-order valence-corrected chi connectivity index (χ2v) is 4.56. The van der Waals surface area contributed by atoms with Gasteiger partial charge in [0.05, 0.1) is 12.3 Å². The molecule has 104 valence electrons. The van der Waals surface area contributed by atoms with Gasteiger partial charge in [0, 0.05) is 13.2 Å². The Morgan fingerprint density at radius 2 is 2.42 bits per heavy atom. The molecule has 0 radical (unpaired) electrons. The Balaban J connectivity index is 1.89. The molecule has 1 aromatic rings. The maximum Gasteiger partial charge on any atom is 0.339 e. The Morgan fingerprint density at radius 3 is 3.11 bits per heavy atom. The van der Waals surface area contributed by atoms with Crippen LogP contribution in [0.15, 0.2) is 12.3 Å². The van der Waals surface area contributed by atoms with Crippen LogP contribution < -0.4 is 5.32 Å². The van der Waals surface area contributed by atoms with Gasteiger partial charge in [-0.2, -0.15) is 0 Å². The summed E-state index contributed by atoms with van der Waals surface area (Å²) in [4.78, 5) is 14.7. The Kier molecular flexibility index (Phi) is 4.68. The summed E-state index contributed by atoms with van der Waals surface area (Å²) in [6.45, 7) is 1.35. The first-order valence-corrected chi connectivity index (χ1v) is 6.41. The van der Waals surface area contributed by atoms with Crippen LogP contribution in [0.25, 0.3) is 0 Å². The van der Waals surface area contributed by atoms with Gasteiger partial charge in [-0.25, -0.2) is 14.2 Å². The van der Waals surface area contributed by atoms with Crippen LogP contribution in [0.2, 0.25) is 0 Å². The van der Waals surface area contributed by atoms with Gasteiger partial charge in [0.2, 0.25) is 0 Å². The highest BCUT2D eigenvalue weighted by Gasteiger charge is 2.15. The number of anilines is 1. The number of carboxylic acids is 1. The van der Waals surface area contributed by atoms with E-state index in [4.69, 9.17) is 9.84 Å². The van der Waals surface area contributed by atoms with Gasteiger partial charge in [-0.3, -0.25) is 0 Å². The molecule has 0 spiro atoms. The summed E-state index contributed by atoms with van der Waals surface area (Å²) < 4.78 is 18.5. The molecule has 0 aliphatic carbocycles. The SMILES string of the molecule is O=C(O)c1cc(F)cnc1NCCC1CCCCO1. The number of pyridine rings is 1. The van der Waals surface area contributed by atoms with Crippen molar-refractivity contribution >= 4 is 11.8 Å². The molecule has 19 heavy (non-hydrogen) atoms. The third-order valence-corrected chi connectivity index (χ3v) is 3.12. The number of hydrogen-bond acceptors (Lipinski definition) is 4. The largest absolute Gasteiger partial charge is 0.478 e. The molecule has 1 unspecified atom stereocenters. The lowest BCUT2D eigenvalue weighted by molar-refractivity contribution is 0.0134. The molecular weight excluding hydrogens is 251 g/mol. The van der Waals surface area contributed by atoms with E-state index in [1.54, 1.807) is 0 Å². The number of aromatic carboxylic acids is 1. The van der Waals surface area contributed by atoms with E-state index < -0.39 is 11.8 Å². The van der Waals surface area contributed by atoms with Crippen LogP contribution in [-0.4, -0.2) is 35.3 Å². The van der Waals surface area contributed by atoms with E-state index in [1.165, 1.54) is 6.42 Å². The average Bonchev–Trinajstić information content (AvgIpc) is 2.41. The van der Waals surface area contributed by atoms with Crippen molar-refractivity contribution in [3.05, 3.63) is 23.6 Å². The van der Waals surface area contributed by atoms with Crippen molar-refractivity contribution in [3.63, 3.8) is 0 Å². The fraction of sp³-hybridized carbons (Fsp3) is 0.538. The van der Waals surface area contributed by atoms with Crippen LogP contribution in [0.4, 0.5) is 10.2 Å². The molecule has 0 saturated carbocycles. The van der Waals surface area contributed by atoms with Crippen LogP contribution in [0.1, 0.15) is 36.0 Å². The van der Waals surface area contributed by atoms with Gasteiger partial charge >= 0.3 is 5.97 Å². The molecule has 2 heterocycles. The van der Waals surface area contributed by atoms with Crippen LogP contribution >= 0.6 is 0 Å². The van der Waals surface area contributed by atoms with Gasteiger partial charge in [-0.15, -0.1) is 0 Å². The minimum Gasteiger partial charge on any atom is -0.478 e. The number of aromatic nitrogens is 1. The molecule has 1 saturated heterocycles. The van der Waals surface area contributed by atoms with Gasteiger partial charge in [0.25, 0.3) is 0 Å². The molecule has 1 aromatic heterocycles. The molecule has 0 amide bonds. The molecule has 2 rings (SSSR count). The smallest absolute Gasteiger partial charge is 0.339 e. The number of nitrogens with zero attached hydrogens (tertiary/aromatic N) is 1.